The van der Waals surface area contributed by atoms with E-state index in [1.807, 2.05) is 12.1 Å². The third kappa shape index (κ3) is 3.50. The minimum atomic E-state index is -0.197. The minimum absolute atomic E-state index is 0.197. The van der Waals surface area contributed by atoms with Crippen molar-refractivity contribution in [2.75, 3.05) is 20.3 Å². The fraction of sp³-hybridized carbons (Fsp3) is 0.250. The lowest BCUT2D eigenvalue weighted by atomic mass is 10.1. The van der Waals surface area contributed by atoms with Crippen LogP contribution in [0.2, 0.25) is 5.02 Å². The molecule has 0 atom stereocenters. The highest BCUT2D eigenvalue weighted by molar-refractivity contribution is 7.08. The highest BCUT2D eigenvalue weighted by atomic mass is 35.5. The van der Waals surface area contributed by atoms with E-state index in [-0.39, 0.29) is 5.91 Å². The third-order valence-corrected chi connectivity index (χ3v) is 3.38. The second-order valence-corrected chi connectivity index (χ2v) is 4.90. The SMILES string of the molecule is COCCNC(=O)c1snnc1-c1ccc(Cl)cc1. The molecule has 0 bridgehead atoms. The first-order valence-corrected chi connectivity index (χ1v) is 6.73. The van der Waals surface area contributed by atoms with Gasteiger partial charge in [-0.2, -0.15) is 0 Å². The van der Waals surface area contributed by atoms with Crippen molar-refractivity contribution in [1.29, 1.82) is 0 Å². The molecule has 19 heavy (non-hydrogen) atoms. The van der Waals surface area contributed by atoms with Crippen LogP contribution in [0.4, 0.5) is 0 Å². The highest BCUT2D eigenvalue weighted by Gasteiger charge is 2.17. The number of hydrogen-bond donors (Lipinski definition) is 1. The van der Waals surface area contributed by atoms with Crippen LogP contribution >= 0.6 is 23.1 Å². The van der Waals surface area contributed by atoms with E-state index in [1.54, 1.807) is 19.2 Å². The van der Waals surface area contributed by atoms with E-state index >= 15 is 0 Å². The van der Waals surface area contributed by atoms with Gasteiger partial charge in [0.15, 0.2) is 0 Å². The van der Waals surface area contributed by atoms with Crippen molar-refractivity contribution in [3.63, 3.8) is 0 Å². The van der Waals surface area contributed by atoms with Crippen molar-refractivity contribution < 1.29 is 9.53 Å². The molecule has 0 radical (unpaired) electrons. The molecule has 2 rings (SSSR count). The fourth-order valence-corrected chi connectivity index (χ4v) is 2.21. The Morgan fingerprint density at radius 2 is 2.16 bits per heavy atom. The van der Waals surface area contributed by atoms with Crippen LogP contribution in [-0.4, -0.2) is 35.8 Å². The van der Waals surface area contributed by atoms with E-state index in [4.69, 9.17) is 16.3 Å². The number of ether oxygens (including phenoxy) is 1. The van der Waals surface area contributed by atoms with Gasteiger partial charge in [-0.05, 0) is 23.7 Å². The molecule has 0 saturated heterocycles. The number of rotatable bonds is 5. The van der Waals surface area contributed by atoms with Crippen LogP contribution in [0.15, 0.2) is 24.3 Å². The number of hydrogen-bond acceptors (Lipinski definition) is 5. The van der Waals surface area contributed by atoms with Crippen LogP contribution in [0, 0.1) is 0 Å². The third-order valence-electron chi connectivity index (χ3n) is 2.40. The maximum absolute atomic E-state index is 12.0. The predicted octanol–water partition coefficient (Wildman–Crippen LogP) is 2.23. The van der Waals surface area contributed by atoms with Crippen LogP contribution in [-0.2, 0) is 4.74 Å². The molecule has 0 aliphatic carbocycles. The summed E-state index contributed by atoms with van der Waals surface area (Å²) < 4.78 is 8.72. The summed E-state index contributed by atoms with van der Waals surface area (Å²) in [5.41, 5.74) is 1.38. The summed E-state index contributed by atoms with van der Waals surface area (Å²) in [6.45, 7) is 0.918. The zero-order chi connectivity index (χ0) is 13.7. The minimum Gasteiger partial charge on any atom is -0.383 e. The Bertz CT molecular complexity index is 556. The van der Waals surface area contributed by atoms with Crippen molar-refractivity contribution in [2.45, 2.75) is 0 Å². The van der Waals surface area contributed by atoms with Gasteiger partial charge in [0.1, 0.15) is 10.6 Å². The summed E-state index contributed by atoms with van der Waals surface area (Å²) in [5, 5.41) is 7.38. The van der Waals surface area contributed by atoms with E-state index in [0.717, 1.165) is 17.1 Å². The molecule has 1 heterocycles. The van der Waals surface area contributed by atoms with Gasteiger partial charge >= 0.3 is 0 Å². The number of nitrogens with zero attached hydrogens (tertiary/aromatic N) is 2. The number of nitrogens with one attached hydrogen (secondary N) is 1. The Morgan fingerprint density at radius 3 is 2.84 bits per heavy atom. The van der Waals surface area contributed by atoms with Gasteiger partial charge in [0.05, 0.1) is 6.61 Å². The van der Waals surface area contributed by atoms with Crippen LogP contribution in [0.1, 0.15) is 9.67 Å². The van der Waals surface area contributed by atoms with Crippen LogP contribution < -0.4 is 5.32 Å². The molecule has 1 N–H and O–H groups in total. The molecule has 2 aromatic rings. The van der Waals surface area contributed by atoms with Gasteiger partial charge in [-0.1, -0.05) is 28.2 Å². The lowest BCUT2D eigenvalue weighted by molar-refractivity contribution is 0.0941. The van der Waals surface area contributed by atoms with Crippen molar-refractivity contribution in [2.24, 2.45) is 0 Å². The van der Waals surface area contributed by atoms with Gasteiger partial charge in [-0.25, -0.2) is 0 Å². The maximum atomic E-state index is 12.0. The molecule has 0 spiro atoms. The number of amides is 1. The second-order valence-electron chi connectivity index (χ2n) is 3.71. The molecule has 0 fully saturated rings. The Morgan fingerprint density at radius 1 is 1.42 bits per heavy atom. The monoisotopic (exact) mass is 297 g/mol. The first-order chi connectivity index (χ1) is 9.22. The van der Waals surface area contributed by atoms with Gasteiger partial charge in [0.25, 0.3) is 5.91 Å². The molecule has 0 aliphatic heterocycles. The van der Waals surface area contributed by atoms with E-state index in [9.17, 15) is 4.79 Å². The van der Waals surface area contributed by atoms with E-state index in [0.29, 0.717) is 28.7 Å². The summed E-state index contributed by atoms with van der Waals surface area (Å²) in [6.07, 6.45) is 0. The summed E-state index contributed by atoms with van der Waals surface area (Å²) in [6, 6.07) is 7.13. The normalized spacial score (nSPS) is 10.4. The van der Waals surface area contributed by atoms with Crippen LogP contribution in [0.25, 0.3) is 11.3 Å². The van der Waals surface area contributed by atoms with Crippen molar-refractivity contribution >= 4 is 29.0 Å². The average molecular weight is 298 g/mol. The van der Waals surface area contributed by atoms with Crippen LogP contribution in [0.3, 0.4) is 0 Å². The molecule has 1 aromatic heterocycles. The topological polar surface area (TPSA) is 64.1 Å². The summed E-state index contributed by atoms with van der Waals surface area (Å²) in [7, 11) is 1.58. The lowest BCUT2D eigenvalue weighted by Crippen LogP contribution is -2.26. The van der Waals surface area contributed by atoms with E-state index in [1.165, 1.54) is 0 Å². The molecule has 1 amide bonds. The smallest absolute Gasteiger partial charge is 0.265 e. The first kappa shape index (κ1) is 13.9. The number of carbonyl (C=O) groups is 1. The molecule has 0 unspecified atom stereocenters. The molecule has 100 valence electrons. The maximum Gasteiger partial charge on any atom is 0.265 e. The molecular weight excluding hydrogens is 286 g/mol. The van der Waals surface area contributed by atoms with E-state index in [2.05, 4.69) is 14.9 Å². The summed E-state index contributed by atoms with van der Waals surface area (Å²) in [5.74, 6) is -0.197. The number of halogens is 1. The molecule has 0 aliphatic rings. The second kappa shape index (κ2) is 6.60. The van der Waals surface area contributed by atoms with Gasteiger partial charge in [0, 0.05) is 24.2 Å². The highest BCUT2D eigenvalue weighted by Crippen LogP contribution is 2.25. The molecule has 1 aromatic carbocycles. The zero-order valence-corrected chi connectivity index (χ0v) is 11.8. The van der Waals surface area contributed by atoms with Crippen molar-refractivity contribution in [3.05, 3.63) is 34.2 Å². The standard InChI is InChI=1S/C12H12ClN3O2S/c1-18-7-6-14-12(17)11-10(15-16-19-11)8-2-4-9(13)5-3-8/h2-5H,6-7H2,1H3,(H,14,17). The van der Waals surface area contributed by atoms with E-state index < -0.39 is 0 Å². The Hall–Kier alpha value is -1.50. The Balaban J connectivity index is 2.17. The fourth-order valence-electron chi connectivity index (χ4n) is 1.48. The van der Waals surface area contributed by atoms with Gasteiger partial charge < -0.3 is 10.1 Å². The van der Waals surface area contributed by atoms with Crippen molar-refractivity contribution in [3.8, 4) is 11.3 Å². The Labute approximate surface area is 119 Å². The quantitative estimate of drug-likeness (QED) is 0.860. The summed E-state index contributed by atoms with van der Waals surface area (Å²) >= 11 is 6.90. The molecule has 5 nitrogen and oxygen atoms in total. The first-order valence-electron chi connectivity index (χ1n) is 5.58. The lowest BCUT2D eigenvalue weighted by Gasteiger charge is -2.04. The van der Waals surface area contributed by atoms with Crippen molar-refractivity contribution in [1.82, 2.24) is 14.9 Å². The number of aromatic nitrogens is 2. The molecular formula is C12H12ClN3O2S. The zero-order valence-electron chi connectivity index (χ0n) is 10.2. The number of carbonyl (C=O) groups excluding carboxylic acids is 1. The predicted molar refractivity (Wildman–Crippen MR) is 74.6 cm³/mol. The molecule has 0 saturated carbocycles. The number of benzene rings is 1. The van der Waals surface area contributed by atoms with Crippen LogP contribution in [0.5, 0.6) is 0 Å². The number of methoxy groups -OCH3 is 1. The van der Waals surface area contributed by atoms with Gasteiger partial charge in [-0.3, -0.25) is 4.79 Å². The summed E-state index contributed by atoms with van der Waals surface area (Å²) in [4.78, 5) is 12.5. The average Bonchev–Trinajstić information content (AvgIpc) is 2.89. The Kier molecular flexibility index (Phi) is 4.84. The molecule has 7 heteroatoms. The van der Waals surface area contributed by atoms with Gasteiger partial charge in [-0.15, -0.1) is 5.10 Å². The van der Waals surface area contributed by atoms with Gasteiger partial charge in [0.2, 0.25) is 0 Å². The largest absolute Gasteiger partial charge is 0.383 e.